The summed E-state index contributed by atoms with van der Waals surface area (Å²) in [7, 11) is 0. The lowest BCUT2D eigenvalue weighted by atomic mass is 9.84. The molecule has 0 amide bonds. The van der Waals surface area contributed by atoms with Crippen molar-refractivity contribution in [2.45, 2.75) is 0 Å². The van der Waals surface area contributed by atoms with Gasteiger partial charge in [0, 0.05) is 41.8 Å². The van der Waals surface area contributed by atoms with Gasteiger partial charge in [-0.3, -0.25) is 4.98 Å². The summed E-state index contributed by atoms with van der Waals surface area (Å²) < 4.78 is 11.3. The molecule has 9 rings (SSSR count). The quantitative estimate of drug-likeness (QED) is 0.186. The SMILES string of the molecule is C1=C(c2cnco2)C=C(c2c3ccccc3c(-c3cncc(-c4cnco4)c3)c3cc(-c4ccc(-c5ccccc5)cc4)ccc23)CN1. The molecular formula is C42H28N4O2. The van der Waals surface area contributed by atoms with Gasteiger partial charge in [-0.05, 0) is 78.7 Å². The third kappa shape index (κ3) is 4.87. The van der Waals surface area contributed by atoms with E-state index in [1.165, 1.54) is 35.1 Å². The first-order chi connectivity index (χ1) is 23.8. The Bertz CT molecular complexity index is 2480. The Hall–Kier alpha value is -6.53. The Kier molecular flexibility index (Phi) is 6.75. The van der Waals surface area contributed by atoms with Gasteiger partial charge in [-0.15, -0.1) is 0 Å². The Morgan fingerprint density at radius 1 is 0.479 bits per heavy atom. The summed E-state index contributed by atoms with van der Waals surface area (Å²) in [5, 5.41) is 8.09. The second kappa shape index (κ2) is 11.7. The second-order valence-electron chi connectivity index (χ2n) is 11.8. The maximum Gasteiger partial charge on any atom is 0.181 e. The first kappa shape index (κ1) is 27.8. The highest BCUT2D eigenvalue weighted by molar-refractivity contribution is 6.20. The van der Waals surface area contributed by atoms with E-state index >= 15 is 0 Å². The molecular weight excluding hydrogens is 592 g/mol. The number of rotatable bonds is 6. The van der Waals surface area contributed by atoms with E-state index in [1.54, 1.807) is 12.4 Å². The van der Waals surface area contributed by atoms with E-state index in [4.69, 9.17) is 8.83 Å². The molecule has 6 heteroatoms. The van der Waals surface area contributed by atoms with Crippen molar-refractivity contribution < 1.29 is 8.83 Å². The molecule has 0 radical (unpaired) electrons. The zero-order chi connectivity index (χ0) is 31.9. The van der Waals surface area contributed by atoms with Gasteiger partial charge in [0.1, 0.15) is 0 Å². The van der Waals surface area contributed by atoms with Crippen molar-refractivity contribution in [3.8, 4) is 44.7 Å². The third-order valence-corrected chi connectivity index (χ3v) is 9.01. The summed E-state index contributed by atoms with van der Waals surface area (Å²) in [6, 6.07) is 36.9. The topological polar surface area (TPSA) is 77.0 Å². The van der Waals surface area contributed by atoms with E-state index < -0.39 is 0 Å². The maximum absolute atomic E-state index is 5.67. The minimum absolute atomic E-state index is 0.680. The molecule has 48 heavy (non-hydrogen) atoms. The highest BCUT2D eigenvalue weighted by Crippen LogP contribution is 2.44. The maximum atomic E-state index is 5.67. The number of fused-ring (bicyclic) bond motifs is 2. The highest BCUT2D eigenvalue weighted by Gasteiger charge is 2.21. The Morgan fingerprint density at radius 3 is 1.85 bits per heavy atom. The molecule has 0 aliphatic carbocycles. The molecule has 4 heterocycles. The van der Waals surface area contributed by atoms with Crippen LogP contribution in [0.2, 0.25) is 0 Å². The molecule has 1 aliphatic heterocycles. The number of aromatic nitrogens is 3. The van der Waals surface area contributed by atoms with E-state index in [2.05, 4.69) is 123 Å². The second-order valence-corrected chi connectivity index (χ2v) is 11.8. The fourth-order valence-corrected chi connectivity index (χ4v) is 6.78. The van der Waals surface area contributed by atoms with Crippen LogP contribution in [0.5, 0.6) is 0 Å². The summed E-state index contributed by atoms with van der Waals surface area (Å²) in [4.78, 5) is 13.0. The van der Waals surface area contributed by atoms with Crippen LogP contribution >= 0.6 is 0 Å². The number of hydrogen-bond donors (Lipinski definition) is 1. The molecule has 0 bridgehead atoms. The van der Waals surface area contributed by atoms with Crippen LogP contribution < -0.4 is 5.32 Å². The molecule has 6 nitrogen and oxygen atoms in total. The van der Waals surface area contributed by atoms with Gasteiger partial charge in [0.25, 0.3) is 0 Å². The number of pyridine rings is 1. The molecule has 0 unspecified atom stereocenters. The molecule has 0 saturated heterocycles. The van der Waals surface area contributed by atoms with Crippen molar-refractivity contribution in [2.24, 2.45) is 0 Å². The molecule has 0 fully saturated rings. The van der Waals surface area contributed by atoms with Crippen LogP contribution in [0.25, 0.3) is 77.4 Å². The van der Waals surface area contributed by atoms with Crippen LogP contribution in [-0.2, 0) is 0 Å². The molecule has 228 valence electrons. The van der Waals surface area contributed by atoms with Crippen molar-refractivity contribution in [1.82, 2.24) is 20.3 Å². The van der Waals surface area contributed by atoms with E-state index in [0.717, 1.165) is 60.7 Å². The van der Waals surface area contributed by atoms with E-state index in [1.807, 2.05) is 24.7 Å². The van der Waals surface area contributed by atoms with Crippen molar-refractivity contribution in [3.63, 3.8) is 0 Å². The standard InChI is InChI=1S/C42H28N4O2/c1-2-6-27(7-3-1)28-10-12-29(13-11-28)30-14-15-37-38(18-30)42(34-17-32(20-44-22-34)40-24-46-26-48-40)36-9-5-4-8-35(36)41(37)33-16-31(19-43-21-33)39-23-45-25-47-39/h1-20,22-26,43H,21H2. The summed E-state index contributed by atoms with van der Waals surface area (Å²) >= 11 is 0. The molecule has 3 aromatic heterocycles. The van der Waals surface area contributed by atoms with Gasteiger partial charge in [0.05, 0.1) is 12.4 Å². The predicted octanol–water partition coefficient (Wildman–Crippen LogP) is 10.1. The molecule has 1 N–H and O–H groups in total. The van der Waals surface area contributed by atoms with Crippen LogP contribution in [0, 0.1) is 0 Å². The van der Waals surface area contributed by atoms with E-state index in [0.29, 0.717) is 12.3 Å². The lowest BCUT2D eigenvalue weighted by molar-refractivity contribution is 0.545. The number of oxazole rings is 2. The van der Waals surface area contributed by atoms with E-state index in [9.17, 15) is 0 Å². The van der Waals surface area contributed by atoms with Gasteiger partial charge in [-0.1, -0.05) is 91.0 Å². The number of hydrogen-bond acceptors (Lipinski definition) is 6. The number of nitrogens with one attached hydrogen (secondary N) is 1. The number of nitrogens with zero attached hydrogens (tertiary/aromatic N) is 3. The average molecular weight is 621 g/mol. The summed E-state index contributed by atoms with van der Waals surface area (Å²) in [5.41, 5.74) is 11.0. The van der Waals surface area contributed by atoms with Gasteiger partial charge in [-0.25, -0.2) is 9.97 Å². The zero-order valence-corrected chi connectivity index (χ0v) is 25.8. The minimum atomic E-state index is 0.680. The lowest BCUT2D eigenvalue weighted by Crippen LogP contribution is -2.14. The van der Waals surface area contributed by atoms with Crippen LogP contribution in [-0.4, -0.2) is 21.5 Å². The van der Waals surface area contributed by atoms with Crippen molar-refractivity contribution in [1.29, 1.82) is 0 Å². The van der Waals surface area contributed by atoms with Gasteiger partial charge in [0.2, 0.25) is 0 Å². The van der Waals surface area contributed by atoms with Crippen LogP contribution in [0.1, 0.15) is 11.3 Å². The summed E-state index contributed by atoms with van der Waals surface area (Å²) in [5.74, 6) is 1.40. The molecule has 8 aromatic rings. The molecule has 0 spiro atoms. The fraction of sp³-hybridized carbons (Fsp3) is 0.0238. The number of benzene rings is 5. The molecule has 1 aliphatic rings. The van der Waals surface area contributed by atoms with E-state index in [-0.39, 0.29) is 0 Å². The number of dihydropyridines is 1. The normalized spacial score (nSPS) is 12.9. The Morgan fingerprint density at radius 2 is 1.10 bits per heavy atom. The van der Waals surface area contributed by atoms with Gasteiger partial charge in [-0.2, -0.15) is 0 Å². The van der Waals surface area contributed by atoms with Crippen molar-refractivity contribution in [2.75, 3.05) is 6.54 Å². The van der Waals surface area contributed by atoms with Crippen LogP contribution in [0.15, 0.2) is 162 Å². The summed E-state index contributed by atoms with van der Waals surface area (Å²) in [6.07, 6.45) is 14.3. The average Bonchev–Trinajstić information content (AvgIpc) is 3.90. The largest absolute Gasteiger partial charge is 0.443 e. The zero-order valence-electron chi connectivity index (χ0n) is 25.8. The highest BCUT2D eigenvalue weighted by atomic mass is 16.3. The van der Waals surface area contributed by atoms with Crippen LogP contribution in [0.4, 0.5) is 0 Å². The monoisotopic (exact) mass is 620 g/mol. The van der Waals surface area contributed by atoms with Gasteiger partial charge < -0.3 is 14.2 Å². The Labute approximate surface area is 276 Å². The summed E-state index contributed by atoms with van der Waals surface area (Å²) in [6.45, 7) is 0.682. The first-order valence-electron chi connectivity index (χ1n) is 15.8. The van der Waals surface area contributed by atoms with Crippen molar-refractivity contribution in [3.05, 3.63) is 164 Å². The lowest BCUT2D eigenvalue weighted by Gasteiger charge is -2.22. The number of allylic oxidation sites excluding steroid dienone is 2. The predicted molar refractivity (Wildman–Crippen MR) is 192 cm³/mol. The molecule has 0 saturated carbocycles. The third-order valence-electron chi connectivity index (χ3n) is 9.01. The fourth-order valence-electron chi connectivity index (χ4n) is 6.78. The Balaban J connectivity index is 1.29. The smallest absolute Gasteiger partial charge is 0.181 e. The molecule has 5 aromatic carbocycles. The first-order valence-corrected chi connectivity index (χ1v) is 15.8. The minimum Gasteiger partial charge on any atom is -0.443 e. The van der Waals surface area contributed by atoms with Crippen molar-refractivity contribution >= 4 is 32.7 Å². The van der Waals surface area contributed by atoms with Gasteiger partial charge >= 0.3 is 0 Å². The van der Waals surface area contributed by atoms with Crippen LogP contribution in [0.3, 0.4) is 0 Å². The molecule has 0 atom stereocenters. The van der Waals surface area contributed by atoms with Gasteiger partial charge in [0.15, 0.2) is 24.3 Å².